The summed E-state index contributed by atoms with van der Waals surface area (Å²) < 4.78 is 10.6. The quantitative estimate of drug-likeness (QED) is 0.624. The van der Waals surface area contributed by atoms with Gasteiger partial charge in [-0.1, -0.05) is 56.3 Å². The molecule has 3 rings (SSSR count). The molecule has 1 aromatic carbocycles. The lowest BCUT2D eigenvalue weighted by Crippen LogP contribution is -2.44. The highest BCUT2D eigenvalue weighted by Gasteiger charge is 2.53. The molecule has 0 amide bonds. The summed E-state index contributed by atoms with van der Waals surface area (Å²) in [6.07, 6.45) is 3.68. The molecule has 5 nitrogen and oxygen atoms in total. The lowest BCUT2D eigenvalue weighted by Gasteiger charge is -2.36. The zero-order valence-electron chi connectivity index (χ0n) is 14.4. The van der Waals surface area contributed by atoms with Crippen LogP contribution in [0.1, 0.15) is 38.2 Å². The molecule has 0 unspecified atom stereocenters. The largest absolute Gasteiger partial charge is 0.462 e. The average molecular weight is 339 g/mol. The third-order valence-electron chi connectivity index (χ3n) is 5.07. The molecule has 0 N–H and O–H groups in total. The van der Waals surface area contributed by atoms with Crippen molar-refractivity contribution in [2.24, 2.45) is 10.8 Å². The van der Waals surface area contributed by atoms with Crippen molar-refractivity contribution in [1.29, 1.82) is 5.26 Å². The minimum absolute atomic E-state index is 0.200. The molecule has 130 valence electrons. The van der Waals surface area contributed by atoms with Gasteiger partial charge in [0.1, 0.15) is 6.61 Å². The van der Waals surface area contributed by atoms with Gasteiger partial charge >= 0.3 is 11.9 Å². The van der Waals surface area contributed by atoms with Crippen molar-refractivity contribution in [3.8, 4) is 6.07 Å². The van der Waals surface area contributed by atoms with Gasteiger partial charge in [0.15, 0.2) is 5.41 Å². The van der Waals surface area contributed by atoms with E-state index in [9.17, 15) is 14.9 Å². The molecule has 2 aliphatic rings. The topological polar surface area (TPSA) is 76.4 Å². The van der Waals surface area contributed by atoms with E-state index in [2.05, 4.69) is 6.07 Å². The van der Waals surface area contributed by atoms with Crippen LogP contribution >= 0.6 is 0 Å². The molecule has 1 aromatic rings. The summed E-state index contributed by atoms with van der Waals surface area (Å²) >= 11 is 0. The first-order valence-corrected chi connectivity index (χ1v) is 8.40. The number of benzene rings is 1. The first-order chi connectivity index (χ1) is 11.9. The van der Waals surface area contributed by atoms with E-state index < -0.39 is 28.9 Å². The number of allylic oxidation sites excluding steroid dienone is 2. The number of hydrogen-bond acceptors (Lipinski definition) is 5. The lowest BCUT2D eigenvalue weighted by atomic mass is 9.66. The van der Waals surface area contributed by atoms with Crippen molar-refractivity contribution in [2.45, 2.75) is 38.7 Å². The molecule has 0 bridgehead atoms. The number of ether oxygens (including phenoxy) is 2. The third-order valence-corrected chi connectivity index (χ3v) is 5.07. The maximum absolute atomic E-state index is 13.0. The molecule has 1 aliphatic carbocycles. The van der Waals surface area contributed by atoms with Crippen molar-refractivity contribution in [1.82, 2.24) is 0 Å². The zero-order valence-corrected chi connectivity index (χ0v) is 14.4. The van der Waals surface area contributed by atoms with E-state index in [4.69, 9.17) is 9.47 Å². The summed E-state index contributed by atoms with van der Waals surface area (Å²) in [5.41, 5.74) is -1.02. The van der Waals surface area contributed by atoms with E-state index in [0.717, 1.165) is 5.56 Å². The Morgan fingerprint density at radius 2 is 2.00 bits per heavy atom. The number of carbonyl (C=O) groups is 2. The zero-order chi connectivity index (χ0) is 18.1. The number of rotatable bonds is 3. The van der Waals surface area contributed by atoms with Crippen LogP contribution in [0.3, 0.4) is 0 Å². The molecular formula is C20H21NO4. The fraction of sp³-hybridized carbons (Fsp3) is 0.450. The molecule has 0 aromatic heterocycles. The monoisotopic (exact) mass is 339 g/mol. The smallest absolute Gasteiger partial charge is 0.348 e. The molecule has 0 spiro atoms. The Labute approximate surface area is 147 Å². The molecule has 1 heterocycles. The van der Waals surface area contributed by atoms with Gasteiger partial charge in [-0.2, -0.15) is 5.26 Å². The third kappa shape index (κ3) is 2.93. The summed E-state index contributed by atoms with van der Waals surface area (Å²) in [5.74, 6) is -1.50. The van der Waals surface area contributed by atoms with Crippen LogP contribution in [-0.4, -0.2) is 24.6 Å². The highest BCUT2D eigenvalue weighted by atomic mass is 16.6. The predicted molar refractivity (Wildman–Crippen MR) is 90.2 cm³/mol. The Kier molecular flexibility index (Phi) is 4.38. The van der Waals surface area contributed by atoms with Crippen molar-refractivity contribution >= 4 is 11.9 Å². The second-order valence-electron chi connectivity index (χ2n) is 7.34. The second-order valence-corrected chi connectivity index (χ2v) is 7.34. The van der Waals surface area contributed by atoms with E-state index in [1.165, 1.54) is 0 Å². The Hall–Kier alpha value is -2.61. The maximum Gasteiger partial charge on any atom is 0.348 e. The van der Waals surface area contributed by atoms with Crippen LogP contribution in [-0.2, 0) is 19.1 Å². The second kappa shape index (κ2) is 6.36. The van der Waals surface area contributed by atoms with Crippen LogP contribution in [0.25, 0.3) is 0 Å². The number of nitriles is 1. The van der Waals surface area contributed by atoms with Crippen molar-refractivity contribution in [3.05, 3.63) is 48.0 Å². The molecular weight excluding hydrogens is 318 g/mol. The van der Waals surface area contributed by atoms with Gasteiger partial charge in [0, 0.05) is 11.3 Å². The van der Waals surface area contributed by atoms with Crippen LogP contribution in [0.15, 0.2) is 42.5 Å². The lowest BCUT2D eigenvalue weighted by molar-refractivity contribution is -0.170. The van der Waals surface area contributed by atoms with Crippen molar-refractivity contribution in [3.63, 3.8) is 0 Å². The standard InChI is InChI=1S/C20H21NO4/c1-19(2)13-24-17(22)16(19)25-18(23)20(12-21)11-7-6-10-15(20)14-8-4-3-5-9-14/h3-9,15-16H,10-11,13H2,1-2H3/t15-,16+,20-/m1/s1. The molecule has 0 radical (unpaired) electrons. The molecule has 1 aliphatic heterocycles. The molecule has 25 heavy (non-hydrogen) atoms. The van der Waals surface area contributed by atoms with E-state index >= 15 is 0 Å². The average Bonchev–Trinajstić information content (AvgIpc) is 2.89. The van der Waals surface area contributed by atoms with Crippen LogP contribution in [0.4, 0.5) is 0 Å². The Morgan fingerprint density at radius 1 is 1.28 bits per heavy atom. The minimum atomic E-state index is -1.34. The Balaban J connectivity index is 1.93. The van der Waals surface area contributed by atoms with E-state index in [0.29, 0.717) is 6.42 Å². The SMILES string of the molecule is CC1(C)COC(=O)[C@@H]1OC(=O)[C@@]1(C#N)CC=CC[C@@H]1c1ccccc1. The highest BCUT2D eigenvalue weighted by Crippen LogP contribution is 2.46. The normalized spacial score (nSPS) is 30.4. The predicted octanol–water partition coefficient (Wildman–Crippen LogP) is 3.12. The molecule has 1 fully saturated rings. The van der Waals surface area contributed by atoms with Crippen LogP contribution < -0.4 is 0 Å². The summed E-state index contributed by atoms with van der Waals surface area (Å²) in [5, 5.41) is 9.91. The number of cyclic esters (lactones) is 1. The van der Waals surface area contributed by atoms with Crippen LogP contribution in [0.5, 0.6) is 0 Å². The van der Waals surface area contributed by atoms with E-state index in [-0.39, 0.29) is 18.9 Å². The van der Waals surface area contributed by atoms with Gasteiger partial charge in [0.25, 0.3) is 0 Å². The Morgan fingerprint density at radius 3 is 2.60 bits per heavy atom. The number of nitrogens with zero attached hydrogens (tertiary/aromatic N) is 1. The van der Waals surface area contributed by atoms with E-state index in [1.807, 2.05) is 56.3 Å². The number of carbonyl (C=O) groups excluding carboxylic acids is 2. The fourth-order valence-electron chi connectivity index (χ4n) is 3.49. The van der Waals surface area contributed by atoms with Crippen LogP contribution in [0, 0.1) is 22.2 Å². The van der Waals surface area contributed by atoms with Gasteiger partial charge in [0.05, 0.1) is 6.07 Å². The van der Waals surface area contributed by atoms with Crippen molar-refractivity contribution < 1.29 is 19.1 Å². The minimum Gasteiger partial charge on any atom is -0.462 e. The maximum atomic E-state index is 13.0. The number of hydrogen-bond donors (Lipinski definition) is 0. The molecule has 1 saturated heterocycles. The summed E-state index contributed by atoms with van der Waals surface area (Å²) in [6, 6.07) is 11.7. The van der Waals surface area contributed by atoms with E-state index in [1.54, 1.807) is 0 Å². The number of esters is 2. The molecule has 3 atom stereocenters. The van der Waals surface area contributed by atoms with Gasteiger partial charge in [-0.05, 0) is 18.4 Å². The van der Waals surface area contributed by atoms with Gasteiger partial charge in [-0.25, -0.2) is 4.79 Å². The van der Waals surface area contributed by atoms with Crippen molar-refractivity contribution in [2.75, 3.05) is 6.61 Å². The van der Waals surface area contributed by atoms with Gasteiger partial charge in [-0.15, -0.1) is 0 Å². The molecule has 5 heteroatoms. The van der Waals surface area contributed by atoms with Gasteiger partial charge in [0.2, 0.25) is 6.10 Å². The summed E-state index contributed by atoms with van der Waals surface area (Å²) in [6.45, 7) is 3.82. The summed E-state index contributed by atoms with van der Waals surface area (Å²) in [7, 11) is 0. The fourth-order valence-corrected chi connectivity index (χ4v) is 3.49. The Bertz CT molecular complexity index is 747. The summed E-state index contributed by atoms with van der Waals surface area (Å²) in [4.78, 5) is 25.0. The molecule has 0 saturated carbocycles. The van der Waals surface area contributed by atoms with Gasteiger partial charge in [-0.3, -0.25) is 4.79 Å². The first-order valence-electron chi connectivity index (χ1n) is 8.40. The highest BCUT2D eigenvalue weighted by molar-refractivity contribution is 5.86. The van der Waals surface area contributed by atoms with Crippen LogP contribution in [0.2, 0.25) is 0 Å². The van der Waals surface area contributed by atoms with Gasteiger partial charge < -0.3 is 9.47 Å². The first kappa shape index (κ1) is 17.2.